The molecule has 182 valence electrons. The molecule has 0 fully saturated rings. The first-order chi connectivity index (χ1) is 16.7. The van der Waals surface area contributed by atoms with Gasteiger partial charge in [-0.2, -0.15) is 0 Å². The molecule has 1 aromatic heterocycles. The van der Waals surface area contributed by atoms with Gasteiger partial charge in [0, 0.05) is 12.1 Å². The minimum atomic E-state index is -0.0804. The molecule has 35 heavy (non-hydrogen) atoms. The van der Waals surface area contributed by atoms with E-state index in [0.717, 1.165) is 46.7 Å². The number of imidazole rings is 1. The molecule has 0 radical (unpaired) electrons. The van der Waals surface area contributed by atoms with Gasteiger partial charge in [-0.1, -0.05) is 62.7 Å². The standard InChI is InChI=1S/C30H35N3O2/c1-21-11-16-25(22(2)19-21)29(34)31-20-28-32-26-9-6-7-10-27(26)33(28)17-8-18-35-24-14-12-23(13-15-24)30(3,4)5/h6-7,9-16,19H,8,17-18,20H2,1-5H3,(H,31,34). The Labute approximate surface area is 208 Å². The van der Waals surface area contributed by atoms with E-state index in [9.17, 15) is 4.79 Å². The summed E-state index contributed by atoms with van der Waals surface area (Å²) in [7, 11) is 0. The SMILES string of the molecule is Cc1ccc(C(=O)NCc2nc3ccccc3n2CCCOc2ccc(C(C)(C)C)cc2)c(C)c1. The van der Waals surface area contributed by atoms with Crippen LogP contribution in [0.4, 0.5) is 0 Å². The summed E-state index contributed by atoms with van der Waals surface area (Å²) >= 11 is 0. The highest BCUT2D eigenvalue weighted by Gasteiger charge is 2.15. The van der Waals surface area contributed by atoms with Crippen molar-refractivity contribution in [2.75, 3.05) is 6.61 Å². The van der Waals surface area contributed by atoms with Crippen LogP contribution in [0, 0.1) is 13.8 Å². The number of hydrogen-bond donors (Lipinski definition) is 1. The van der Waals surface area contributed by atoms with Gasteiger partial charge >= 0.3 is 0 Å². The molecule has 1 heterocycles. The van der Waals surface area contributed by atoms with Gasteiger partial charge in [-0.25, -0.2) is 4.98 Å². The third-order valence-corrected chi connectivity index (χ3v) is 6.28. The van der Waals surface area contributed by atoms with E-state index in [1.54, 1.807) is 0 Å². The van der Waals surface area contributed by atoms with Crippen LogP contribution < -0.4 is 10.1 Å². The molecule has 0 spiro atoms. The highest BCUT2D eigenvalue weighted by molar-refractivity contribution is 5.95. The second kappa shape index (κ2) is 10.3. The summed E-state index contributed by atoms with van der Waals surface area (Å²) in [6.45, 7) is 12.4. The van der Waals surface area contributed by atoms with Crippen molar-refractivity contribution in [2.24, 2.45) is 0 Å². The van der Waals surface area contributed by atoms with Crippen molar-refractivity contribution in [2.45, 2.75) is 59.5 Å². The summed E-state index contributed by atoms with van der Waals surface area (Å²) in [5.74, 6) is 1.65. The molecule has 0 aliphatic rings. The van der Waals surface area contributed by atoms with Gasteiger partial charge < -0.3 is 14.6 Å². The molecule has 0 aliphatic heterocycles. The molecule has 0 bridgehead atoms. The van der Waals surface area contributed by atoms with Crippen LogP contribution in [0.25, 0.3) is 11.0 Å². The Kier molecular flexibility index (Phi) is 7.25. The van der Waals surface area contributed by atoms with Crippen LogP contribution in [-0.4, -0.2) is 22.1 Å². The Balaban J connectivity index is 1.40. The molecule has 0 saturated heterocycles. The predicted molar refractivity (Wildman–Crippen MR) is 142 cm³/mol. The number of aryl methyl sites for hydroxylation is 3. The number of amides is 1. The second-order valence-electron chi connectivity index (χ2n) is 10.1. The molecular weight excluding hydrogens is 434 g/mol. The van der Waals surface area contributed by atoms with Crippen LogP contribution >= 0.6 is 0 Å². The summed E-state index contributed by atoms with van der Waals surface area (Å²) in [4.78, 5) is 17.6. The largest absolute Gasteiger partial charge is 0.494 e. The van der Waals surface area contributed by atoms with Crippen molar-refractivity contribution in [3.05, 3.63) is 94.8 Å². The zero-order valence-electron chi connectivity index (χ0n) is 21.4. The predicted octanol–water partition coefficient (Wildman–Crippen LogP) is 6.35. The number of nitrogens with one attached hydrogen (secondary N) is 1. The lowest BCUT2D eigenvalue weighted by molar-refractivity contribution is 0.0949. The fraction of sp³-hybridized carbons (Fsp3) is 0.333. The van der Waals surface area contributed by atoms with E-state index in [1.165, 1.54) is 5.56 Å². The second-order valence-corrected chi connectivity index (χ2v) is 10.1. The number of hydrogen-bond acceptors (Lipinski definition) is 3. The van der Waals surface area contributed by atoms with Gasteiger partial charge in [0.25, 0.3) is 5.91 Å². The van der Waals surface area contributed by atoms with E-state index in [0.29, 0.717) is 18.7 Å². The number of carbonyl (C=O) groups excluding carboxylic acids is 1. The van der Waals surface area contributed by atoms with Crippen molar-refractivity contribution in [1.29, 1.82) is 0 Å². The lowest BCUT2D eigenvalue weighted by Crippen LogP contribution is -2.25. The number of para-hydroxylation sites is 2. The Morgan fingerprint density at radius 3 is 2.46 bits per heavy atom. The fourth-order valence-electron chi connectivity index (χ4n) is 4.30. The minimum absolute atomic E-state index is 0.0804. The molecule has 1 amide bonds. The van der Waals surface area contributed by atoms with Gasteiger partial charge in [-0.05, 0) is 67.1 Å². The maximum atomic E-state index is 12.8. The third-order valence-electron chi connectivity index (χ3n) is 6.28. The average Bonchev–Trinajstić information content (AvgIpc) is 3.17. The smallest absolute Gasteiger partial charge is 0.251 e. The zero-order valence-corrected chi connectivity index (χ0v) is 21.4. The van der Waals surface area contributed by atoms with Crippen molar-refractivity contribution >= 4 is 16.9 Å². The van der Waals surface area contributed by atoms with Gasteiger partial charge in [-0.15, -0.1) is 0 Å². The number of aromatic nitrogens is 2. The van der Waals surface area contributed by atoms with Gasteiger partial charge in [0.2, 0.25) is 0 Å². The molecule has 4 aromatic rings. The third kappa shape index (κ3) is 5.91. The van der Waals surface area contributed by atoms with E-state index in [-0.39, 0.29) is 11.3 Å². The molecule has 5 heteroatoms. The zero-order chi connectivity index (χ0) is 25.0. The van der Waals surface area contributed by atoms with Crippen LogP contribution in [0.1, 0.15) is 60.1 Å². The van der Waals surface area contributed by atoms with Gasteiger partial charge in [0.15, 0.2) is 0 Å². The number of fused-ring (bicyclic) bond motifs is 1. The molecule has 3 aromatic carbocycles. The lowest BCUT2D eigenvalue weighted by atomic mass is 9.87. The number of nitrogens with zero attached hydrogens (tertiary/aromatic N) is 2. The summed E-state index contributed by atoms with van der Waals surface area (Å²) in [5.41, 5.74) is 6.24. The van der Waals surface area contributed by atoms with E-state index < -0.39 is 0 Å². The lowest BCUT2D eigenvalue weighted by Gasteiger charge is -2.19. The Hall–Kier alpha value is -3.60. The molecule has 0 unspecified atom stereocenters. The van der Waals surface area contributed by atoms with Crippen LogP contribution in [0.2, 0.25) is 0 Å². The number of benzene rings is 3. The van der Waals surface area contributed by atoms with Crippen LogP contribution in [0.5, 0.6) is 5.75 Å². The molecule has 0 atom stereocenters. The quantitative estimate of drug-likeness (QED) is 0.306. The van der Waals surface area contributed by atoms with E-state index in [4.69, 9.17) is 9.72 Å². The fourth-order valence-corrected chi connectivity index (χ4v) is 4.30. The maximum Gasteiger partial charge on any atom is 0.251 e. The first-order valence-corrected chi connectivity index (χ1v) is 12.3. The Morgan fingerprint density at radius 1 is 1.00 bits per heavy atom. The van der Waals surface area contributed by atoms with Crippen LogP contribution in [0.15, 0.2) is 66.7 Å². The summed E-state index contributed by atoms with van der Waals surface area (Å²) in [5, 5.41) is 3.06. The van der Waals surface area contributed by atoms with E-state index in [2.05, 4.69) is 48.9 Å². The van der Waals surface area contributed by atoms with Gasteiger partial charge in [0.1, 0.15) is 11.6 Å². The topological polar surface area (TPSA) is 56.2 Å². The minimum Gasteiger partial charge on any atom is -0.494 e. The number of rotatable bonds is 8. The van der Waals surface area contributed by atoms with Crippen molar-refractivity contribution < 1.29 is 9.53 Å². The summed E-state index contributed by atoms with van der Waals surface area (Å²) in [6, 6.07) is 22.3. The summed E-state index contributed by atoms with van der Waals surface area (Å²) < 4.78 is 8.18. The molecule has 1 N–H and O–H groups in total. The van der Waals surface area contributed by atoms with Gasteiger partial charge in [-0.3, -0.25) is 4.79 Å². The summed E-state index contributed by atoms with van der Waals surface area (Å²) in [6.07, 6.45) is 0.833. The van der Waals surface area contributed by atoms with E-state index in [1.807, 2.05) is 62.4 Å². The molecular formula is C30H35N3O2. The maximum absolute atomic E-state index is 12.8. The first kappa shape index (κ1) is 24.5. The highest BCUT2D eigenvalue weighted by Crippen LogP contribution is 2.24. The molecule has 4 rings (SSSR count). The Morgan fingerprint density at radius 2 is 1.74 bits per heavy atom. The highest BCUT2D eigenvalue weighted by atomic mass is 16.5. The molecule has 0 saturated carbocycles. The van der Waals surface area contributed by atoms with Gasteiger partial charge in [0.05, 0.1) is 24.2 Å². The normalized spacial score (nSPS) is 11.6. The van der Waals surface area contributed by atoms with Crippen LogP contribution in [-0.2, 0) is 18.5 Å². The Bertz CT molecular complexity index is 1310. The monoisotopic (exact) mass is 469 g/mol. The van der Waals surface area contributed by atoms with E-state index >= 15 is 0 Å². The number of ether oxygens (including phenoxy) is 1. The average molecular weight is 470 g/mol. The molecule has 0 aliphatic carbocycles. The molecule has 5 nitrogen and oxygen atoms in total. The number of carbonyl (C=O) groups is 1. The van der Waals surface area contributed by atoms with Crippen molar-refractivity contribution in [3.63, 3.8) is 0 Å². The van der Waals surface area contributed by atoms with Crippen molar-refractivity contribution in [3.8, 4) is 5.75 Å². The first-order valence-electron chi connectivity index (χ1n) is 12.3. The van der Waals surface area contributed by atoms with Crippen LogP contribution in [0.3, 0.4) is 0 Å². The van der Waals surface area contributed by atoms with Crippen molar-refractivity contribution in [1.82, 2.24) is 14.9 Å².